The van der Waals surface area contributed by atoms with Gasteiger partial charge in [0, 0.05) is 28.1 Å². The molecule has 0 radical (unpaired) electrons. The zero-order valence-corrected chi connectivity index (χ0v) is 25.8. The number of fused-ring (bicyclic) bond motifs is 4. The number of pyridine rings is 1. The van der Waals surface area contributed by atoms with Gasteiger partial charge in [0.2, 0.25) is 0 Å². The van der Waals surface area contributed by atoms with Crippen LogP contribution in [0.2, 0.25) is 0 Å². The minimum atomic E-state index is 0.808. The average Bonchev–Trinajstić information content (AvgIpc) is 3.72. The Labute approximate surface area is 272 Å². The molecule has 0 aliphatic carbocycles. The minimum Gasteiger partial charge on any atom is -0.455 e. The summed E-state index contributed by atoms with van der Waals surface area (Å²) < 4.78 is 8.91. The summed E-state index contributed by atoms with van der Waals surface area (Å²) in [4.78, 5) is 10.1. The van der Waals surface area contributed by atoms with Crippen LogP contribution in [0.15, 0.2) is 162 Å². The van der Waals surface area contributed by atoms with Gasteiger partial charge in [-0.3, -0.25) is 9.55 Å². The molecule has 0 aliphatic heterocycles. The van der Waals surface area contributed by atoms with Crippen molar-refractivity contribution in [2.24, 2.45) is 0 Å². The predicted octanol–water partition coefficient (Wildman–Crippen LogP) is 11.3. The van der Waals surface area contributed by atoms with E-state index in [9.17, 15) is 0 Å². The van der Waals surface area contributed by atoms with E-state index in [1.54, 1.807) is 0 Å². The van der Waals surface area contributed by atoms with Gasteiger partial charge in [0.05, 0.1) is 28.0 Å². The van der Waals surface area contributed by atoms with Crippen molar-refractivity contribution in [3.05, 3.63) is 164 Å². The van der Waals surface area contributed by atoms with Gasteiger partial charge in [0.1, 0.15) is 17.0 Å². The monoisotopic (exact) mass is 603 g/mol. The van der Waals surface area contributed by atoms with Gasteiger partial charge in [-0.2, -0.15) is 0 Å². The van der Waals surface area contributed by atoms with E-state index in [1.165, 1.54) is 0 Å². The van der Waals surface area contributed by atoms with Crippen molar-refractivity contribution < 1.29 is 4.42 Å². The van der Waals surface area contributed by atoms with E-state index < -0.39 is 0 Å². The number of para-hydroxylation sites is 2. The van der Waals surface area contributed by atoms with Crippen LogP contribution in [0.3, 0.4) is 0 Å². The molecule has 0 amide bonds. The molecule has 9 rings (SSSR count). The molecule has 222 valence electrons. The van der Waals surface area contributed by atoms with E-state index in [2.05, 4.69) is 145 Å². The Kier molecular flexibility index (Phi) is 6.32. The molecule has 0 aliphatic rings. The molecule has 3 aromatic heterocycles. The normalized spacial score (nSPS) is 11.5. The third-order valence-corrected chi connectivity index (χ3v) is 9.00. The zero-order chi connectivity index (χ0) is 31.3. The molecule has 0 unspecified atom stereocenters. The van der Waals surface area contributed by atoms with E-state index in [0.29, 0.717) is 0 Å². The predicted molar refractivity (Wildman–Crippen MR) is 193 cm³/mol. The largest absolute Gasteiger partial charge is 0.455 e. The van der Waals surface area contributed by atoms with Crippen LogP contribution >= 0.6 is 0 Å². The average molecular weight is 604 g/mol. The van der Waals surface area contributed by atoms with Crippen molar-refractivity contribution in [3.63, 3.8) is 0 Å². The molecule has 0 spiro atoms. The number of rotatable bonds is 5. The van der Waals surface area contributed by atoms with Crippen molar-refractivity contribution in [1.29, 1.82) is 0 Å². The van der Waals surface area contributed by atoms with E-state index in [1.807, 2.05) is 24.4 Å². The molecular formula is C43H29N3O. The fourth-order valence-electron chi connectivity index (χ4n) is 6.85. The molecule has 47 heavy (non-hydrogen) atoms. The number of benzene rings is 6. The summed E-state index contributed by atoms with van der Waals surface area (Å²) in [5.74, 6) is 0.808. The highest BCUT2D eigenvalue weighted by Crippen LogP contribution is 2.45. The maximum Gasteiger partial charge on any atom is 0.149 e. The lowest BCUT2D eigenvalue weighted by molar-refractivity contribution is 0.669. The maximum absolute atomic E-state index is 6.59. The van der Waals surface area contributed by atoms with Crippen molar-refractivity contribution in [2.75, 3.05) is 0 Å². The molecule has 4 nitrogen and oxygen atoms in total. The Balaban J connectivity index is 1.46. The fraction of sp³-hybridized carbons (Fsp3) is 0.0233. The van der Waals surface area contributed by atoms with Gasteiger partial charge in [-0.15, -0.1) is 0 Å². The Bertz CT molecular complexity index is 2500. The molecule has 0 fully saturated rings. The Hall–Kier alpha value is -6.26. The molecule has 6 aromatic carbocycles. The molecule has 0 saturated heterocycles. The first-order valence-electron chi connectivity index (χ1n) is 15.8. The van der Waals surface area contributed by atoms with Crippen LogP contribution in [0.4, 0.5) is 0 Å². The third-order valence-electron chi connectivity index (χ3n) is 9.00. The summed E-state index contributed by atoms with van der Waals surface area (Å²) in [6, 6.07) is 53.1. The zero-order valence-electron chi connectivity index (χ0n) is 25.8. The number of aromatic nitrogens is 3. The highest BCUT2D eigenvalue weighted by atomic mass is 16.3. The van der Waals surface area contributed by atoms with Crippen LogP contribution in [0.25, 0.3) is 83.4 Å². The summed E-state index contributed by atoms with van der Waals surface area (Å²) in [6.45, 7) is 2.06. The number of hydrogen-bond acceptors (Lipinski definition) is 3. The van der Waals surface area contributed by atoms with Crippen molar-refractivity contribution in [3.8, 4) is 50.5 Å². The first kappa shape index (κ1) is 27.1. The molecule has 0 bridgehead atoms. The molecule has 9 aromatic rings. The van der Waals surface area contributed by atoms with Gasteiger partial charge in [-0.25, -0.2) is 4.98 Å². The van der Waals surface area contributed by atoms with Gasteiger partial charge in [-0.05, 0) is 59.5 Å². The molecular weight excluding hydrogens is 574 g/mol. The van der Waals surface area contributed by atoms with Crippen LogP contribution in [-0.2, 0) is 0 Å². The van der Waals surface area contributed by atoms with Gasteiger partial charge >= 0.3 is 0 Å². The van der Waals surface area contributed by atoms with Gasteiger partial charge < -0.3 is 4.42 Å². The Morgan fingerprint density at radius 1 is 0.532 bits per heavy atom. The summed E-state index contributed by atoms with van der Waals surface area (Å²) in [7, 11) is 0. The van der Waals surface area contributed by atoms with E-state index in [4.69, 9.17) is 14.4 Å². The molecule has 0 atom stereocenters. The smallest absolute Gasteiger partial charge is 0.149 e. The van der Waals surface area contributed by atoms with Crippen LogP contribution in [-0.4, -0.2) is 14.5 Å². The summed E-state index contributed by atoms with van der Waals surface area (Å²) in [5.41, 5.74) is 13.2. The Morgan fingerprint density at radius 2 is 1.13 bits per heavy atom. The topological polar surface area (TPSA) is 43.9 Å². The molecule has 3 heterocycles. The SMILES string of the molecule is Cc1nccc2nc(-c3cccc4c3oc3ccccc34)n(-c3c(-c4ccccc4)cc(-c4ccccc4)cc3-c3ccccc3)c12. The second-order valence-corrected chi connectivity index (χ2v) is 11.8. The Morgan fingerprint density at radius 3 is 1.81 bits per heavy atom. The highest BCUT2D eigenvalue weighted by molar-refractivity contribution is 6.10. The van der Waals surface area contributed by atoms with E-state index in [-0.39, 0.29) is 0 Å². The number of aryl methyl sites for hydroxylation is 1. The van der Waals surface area contributed by atoms with E-state index in [0.717, 1.165) is 89.1 Å². The lowest BCUT2D eigenvalue weighted by Crippen LogP contribution is -2.05. The van der Waals surface area contributed by atoms with Crippen LogP contribution < -0.4 is 0 Å². The molecule has 0 N–H and O–H groups in total. The van der Waals surface area contributed by atoms with Crippen molar-refractivity contribution in [2.45, 2.75) is 6.92 Å². The number of nitrogens with zero attached hydrogens (tertiary/aromatic N) is 3. The summed E-state index contributed by atoms with van der Waals surface area (Å²) in [5, 5.41) is 2.16. The van der Waals surface area contributed by atoms with Crippen LogP contribution in [0.5, 0.6) is 0 Å². The van der Waals surface area contributed by atoms with Crippen molar-refractivity contribution >= 4 is 33.0 Å². The first-order valence-corrected chi connectivity index (χ1v) is 15.8. The van der Waals surface area contributed by atoms with Gasteiger partial charge in [-0.1, -0.05) is 121 Å². The van der Waals surface area contributed by atoms with Gasteiger partial charge in [0.15, 0.2) is 0 Å². The maximum atomic E-state index is 6.59. The lowest BCUT2D eigenvalue weighted by atomic mass is 9.90. The van der Waals surface area contributed by atoms with Crippen LogP contribution in [0, 0.1) is 6.92 Å². The second kappa shape index (κ2) is 11.0. The second-order valence-electron chi connectivity index (χ2n) is 11.8. The summed E-state index contributed by atoms with van der Waals surface area (Å²) in [6.07, 6.45) is 1.84. The minimum absolute atomic E-state index is 0.808. The summed E-state index contributed by atoms with van der Waals surface area (Å²) >= 11 is 0. The van der Waals surface area contributed by atoms with Crippen molar-refractivity contribution in [1.82, 2.24) is 14.5 Å². The van der Waals surface area contributed by atoms with Gasteiger partial charge in [0.25, 0.3) is 0 Å². The highest BCUT2D eigenvalue weighted by Gasteiger charge is 2.26. The number of furan rings is 1. The molecule has 4 heteroatoms. The number of hydrogen-bond donors (Lipinski definition) is 0. The van der Waals surface area contributed by atoms with Crippen LogP contribution in [0.1, 0.15) is 5.69 Å². The standard InChI is InChI=1S/C43H29N3O/c1-28-40-38(24-25-44-28)45-43(35-22-13-21-34-33-20-11-12-23-39(33)47-42(34)35)46(40)41-36(30-16-7-3-8-17-30)26-32(29-14-5-2-6-15-29)27-37(41)31-18-9-4-10-19-31/h2-27H,1H3. The third kappa shape index (κ3) is 4.45. The lowest BCUT2D eigenvalue weighted by Gasteiger charge is -2.22. The first-order chi connectivity index (χ1) is 23.2. The molecule has 0 saturated carbocycles. The van der Waals surface area contributed by atoms with E-state index >= 15 is 0 Å². The quantitative estimate of drug-likeness (QED) is 0.197. The fourth-order valence-corrected chi connectivity index (χ4v) is 6.85. The number of imidazole rings is 1.